The van der Waals surface area contributed by atoms with Crippen molar-refractivity contribution in [3.63, 3.8) is 0 Å². The molecule has 4 heteroatoms. The number of β-amino-alcohol motifs (C(OH)–C–C–N with tert-alkyl or cyclic N) is 1. The maximum Gasteiger partial charge on any atom is 0.150 e. The average Bonchev–Trinajstić information content (AvgIpc) is 2.53. The second-order valence-electron chi connectivity index (χ2n) is 3.41. The molecule has 3 nitrogen and oxygen atoms in total. The maximum absolute atomic E-state index is 10.2. The highest BCUT2D eigenvalue weighted by Gasteiger charge is 2.35. The van der Waals surface area contributed by atoms with Gasteiger partial charge in [-0.2, -0.15) is 0 Å². The topological polar surface area (TPSA) is 45.4 Å². The monoisotopic (exact) mass is 245 g/mol. The zero-order valence-corrected chi connectivity index (χ0v) is 8.80. The summed E-state index contributed by atoms with van der Waals surface area (Å²) < 4.78 is 6.12. The number of nitrogens with one attached hydrogen (secondary N) is 1. The molecule has 72 valence electrons. The maximum atomic E-state index is 10.2. The average molecular weight is 246 g/mol. The Hall–Kier alpha value is -0.320. The smallest absolute Gasteiger partial charge is 0.150 e. The van der Waals surface area contributed by atoms with Crippen LogP contribution >= 0.6 is 15.9 Å². The summed E-state index contributed by atoms with van der Waals surface area (Å²) in [5, 5.41) is 13.4. The third-order valence-electron chi connectivity index (χ3n) is 2.40. The van der Waals surface area contributed by atoms with Gasteiger partial charge in [-0.25, -0.2) is 0 Å². The van der Waals surface area contributed by atoms with E-state index in [1.807, 2.05) is 6.07 Å². The number of furan rings is 1. The Morgan fingerprint density at radius 1 is 1.62 bits per heavy atom. The molecule has 0 saturated carbocycles. The van der Waals surface area contributed by atoms with Crippen LogP contribution in [0.15, 0.2) is 21.2 Å². The van der Waals surface area contributed by atoms with Gasteiger partial charge in [0.2, 0.25) is 0 Å². The summed E-state index contributed by atoms with van der Waals surface area (Å²) in [6.45, 7) is 1.54. The lowest BCUT2D eigenvalue weighted by atomic mass is 9.92. The van der Waals surface area contributed by atoms with Gasteiger partial charge in [0, 0.05) is 6.54 Å². The summed E-state index contributed by atoms with van der Waals surface area (Å²) in [6, 6.07) is 1.81. The Bertz CT molecular complexity index is 292. The highest BCUT2D eigenvalue weighted by Crippen LogP contribution is 2.33. The minimum Gasteiger partial charge on any atom is -0.465 e. The first kappa shape index (κ1) is 9.24. The summed E-state index contributed by atoms with van der Waals surface area (Å²) in [6.07, 6.45) is 3.32. The first-order chi connectivity index (χ1) is 6.22. The molecule has 1 fully saturated rings. The number of halogens is 1. The van der Waals surface area contributed by atoms with Crippen molar-refractivity contribution in [2.75, 3.05) is 13.1 Å². The van der Waals surface area contributed by atoms with Crippen LogP contribution in [-0.4, -0.2) is 18.2 Å². The SMILES string of the molecule is OC1(c2occc2Br)CCCNC1. The van der Waals surface area contributed by atoms with Gasteiger partial charge in [-0.15, -0.1) is 0 Å². The Morgan fingerprint density at radius 3 is 3.00 bits per heavy atom. The van der Waals surface area contributed by atoms with Gasteiger partial charge < -0.3 is 14.8 Å². The third-order valence-corrected chi connectivity index (χ3v) is 3.03. The van der Waals surface area contributed by atoms with Crippen molar-refractivity contribution in [3.05, 3.63) is 22.6 Å². The minimum absolute atomic E-state index is 0.569. The zero-order valence-electron chi connectivity index (χ0n) is 7.22. The molecule has 0 aromatic carbocycles. The molecule has 0 aliphatic carbocycles. The van der Waals surface area contributed by atoms with Crippen LogP contribution in [0.25, 0.3) is 0 Å². The molecule has 1 saturated heterocycles. The van der Waals surface area contributed by atoms with Crippen LogP contribution in [0, 0.1) is 0 Å². The van der Waals surface area contributed by atoms with Crippen molar-refractivity contribution in [2.24, 2.45) is 0 Å². The van der Waals surface area contributed by atoms with Crippen molar-refractivity contribution >= 4 is 15.9 Å². The van der Waals surface area contributed by atoms with Gasteiger partial charge in [0.25, 0.3) is 0 Å². The van der Waals surface area contributed by atoms with Crippen LogP contribution in [-0.2, 0) is 5.60 Å². The molecule has 1 aliphatic heterocycles. The largest absolute Gasteiger partial charge is 0.465 e. The van der Waals surface area contributed by atoms with E-state index in [0.29, 0.717) is 12.3 Å². The highest BCUT2D eigenvalue weighted by atomic mass is 79.9. The fourth-order valence-electron chi connectivity index (χ4n) is 1.71. The Morgan fingerprint density at radius 2 is 2.46 bits per heavy atom. The van der Waals surface area contributed by atoms with Gasteiger partial charge >= 0.3 is 0 Å². The third kappa shape index (κ3) is 1.66. The fraction of sp³-hybridized carbons (Fsp3) is 0.556. The molecule has 1 aromatic rings. The van der Waals surface area contributed by atoms with Gasteiger partial charge in [0.05, 0.1) is 10.7 Å². The van der Waals surface area contributed by atoms with Crippen molar-refractivity contribution in [2.45, 2.75) is 18.4 Å². The molecule has 0 spiro atoms. The lowest BCUT2D eigenvalue weighted by molar-refractivity contribution is -0.00820. The summed E-state index contributed by atoms with van der Waals surface area (Å²) in [7, 11) is 0. The molecule has 1 unspecified atom stereocenters. The number of piperidine rings is 1. The van der Waals surface area contributed by atoms with Crippen LogP contribution in [0.1, 0.15) is 18.6 Å². The molecule has 2 rings (SSSR count). The fourth-order valence-corrected chi connectivity index (χ4v) is 2.28. The lowest BCUT2D eigenvalue weighted by Crippen LogP contribution is -2.43. The molecule has 1 aliphatic rings. The van der Waals surface area contributed by atoms with Crippen LogP contribution in [0.2, 0.25) is 0 Å². The van der Waals surface area contributed by atoms with E-state index in [1.54, 1.807) is 6.26 Å². The Labute approximate surface area is 85.3 Å². The van der Waals surface area contributed by atoms with Gasteiger partial charge in [0.1, 0.15) is 5.60 Å². The first-order valence-corrected chi connectivity index (χ1v) is 5.18. The van der Waals surface area contributed by atoms with Crippen LogP contribution in [0.5, 0.6) is 0 Å². The molecule has 0 amide bonds. The van der Waals surface area contributed by atoms with E-state index in [4.69, 9.17) is 4.42 Å². The van der Waals surface area contributed by atoms with Crippen molar-refractivity contribution in [1.29, 1.82) is 0 Å². The Kier molecular flexibility index (Phi) is 2.45. The van der Waals surface area contributed by atoms with E-state index in [-0.39, 0.29) is 0 Å². The van der Waals surface area contributed by atoms with E-state index in [1.165, 1.54) is 0 Å². The quantitative estimate of drug-likeness (QED) is 0.791. The van der Waals surface area contributed by atoms with Gasteiger partial charge in [-0.1, -0.05) is 0 Å². The number of rotatable bonds is 1. The number of aliphatic hydroxyl groups is 1. The molecule has 2 heterocycles. The van der Waals surface area contributed by atoms with E-state index in [2.05, 4.69) is 21.2 Å². The Balaban J connectivity index is 2.27. The van der Waals surface area contributed by atoms with Crippen molar-refractivity contribution < 1.29 is 9.52 Å². The minimum atomic E-state index is -0.833. The van der Waals surface area contributed by atoms with Crippen molar-refractivity contribution in [3.8, 4) is 0 Å². The van der Waals surface area contributed by atoms with Gasteiger partial charge in [-0.3, -0.25) is 0 Å². The molecule has 1 aromatic heterocycles. The normalized spacial score (nSPS) is 29.1. The zero-order chi connectivity index (χ0) is 9.31. The summed E-state index contributed by atoms with van der Waals surface area (Å²) >= 11 is 3.36. The van der Waals surface area contributed by atoms with Crippen LogP contribution in [0.3, 0.4) is 0 Å². The van der Waals surface area contributed by atoms with Gasteiger partial charge in [0.15, 0.2) is 5.76 Å². The standard InChI is InChI=1S/C9H12BrNO2/c10-7-2-5-13-8(7)9(12)3-1-4-11-6-9/h2,5,11-12H,1,3-4,6H2. The number of hydrogen-bond donors (Lipinski definition) is 2. The van der Waals surface area contributed by atoms with E-state index < -0.39 is 5.60 Å². The van der Waals surface area contributed by atoms with Gasteiger partial charge in [-0.05, 0) is 41.4 Å². The molecule has 0 bridgehead atoms. The second-order valence-corrected chi connectivity index (χ2v) is 4.26. The lowest BCUT2D eigenvalue weighted by Gasteiger charge is -2.30. The number of hydrogen-bond acceptors (Lipinski definition) is 3. The summed E-state index contributed by atoms with van der Waals surface area (Å²) in [4.78, 5) is 0. The van der Waals surface area contributed by atoms with Crippen molar-refractivity contribution in [1.82, 2.24) is 5.32 Å². The molecule has 13 heavy (non-hydrogen) atoms. The molecule has 2 N–H and O–H groups in total. The van der Waals surface area contributed by atoms with Crippen LogP contribution in [0.4, 0.5) is 0 Å². The highest BCUT2D eigenvalue weighted by molar-refractivity contribution is 9.10. The predicted octanol–water partition coefficient (Wildman–Crippen LogP) is 1.61. The predicted molar refractivity (Wildman–Crippen MR) is 52.4 cm³/mol. The molecule has 1 atom stereocenters. The second kappa shape index (κ2) is 3.44. The molecular formula is C9H12BrNO2. The molecule has 0 radical (unpaired) electrons. The van der Waals surface area contributed by atoms with E-state index >= 15 is 0 Å². The molecular weight excluding hydrogens is 234 g/mol. The summed E-state index contributed by atoms with van der Waals surface area (Å²) in [5.74, 6) is 0.639. The summed E-state index contributed by atoms with van der Waals surface area (Å²) in [5.41, 5.74) is -0.833. The van der Waals surface area contributed by atoms with Crippen LogP contribution < -0.4 is 5.32 Å². The first-order valence-electron chi connectivity index (χ1n) is 4.39. The van der Waals surface area contributed by atoms with E-state index in [9.17, 15) is 5.11 Å². The van der Waals surface area contributed by atoms with E-state index in [0.717, 1.165) is 23.9 Å².